The molecule has 0 aliphatic heterocycles. The van der Waals surface area contributed by atoms with Gasteiger partial charge in [0, 0.05) is 0 Å². The summed E-state index contributed by atoms with van der Waals surface area (Å²) in [4.78, 5) is -0.400. The van der Waals surface area contributed by atoms with Gasteiger partial charge in [-0.2, -0.15) is 10.5 Å². The lowest BCUT2D eigenvalue weighted by Crippen LogP contribution is -2.19. The number of nitrogens with zero attached hydrogens (tertiary/aromatic N) is 2. The molecule has 6 heteroatoms. The van der Waals surface area contributed by atoms with Crippen LogP contribution in [0.1, 0.15) is 11.5 Å². The molecule has 0 saturated heterocycles. The second-order valence-corrected chi connectivity index (χ2v) is 6.85. The smallest absolute Gasteiger partial charge is 0.212 e. The zero-order valence-corrected chi connectivity index (χ0v) is 13.4. The lowest BCUT2D eigenvalue weighted by atomic mass is 9.87. The van der Waals surface area contributed by atoms with Crippen molar-refractivity contribution in [1.82, 2.24) is 0 Å². The molecular weight excluding hydrogens is 322 g/mol. The van der Waals surface area contributed by atoms with E-state index in [0.29, 0.717) is 5.56 Å². The van der Waals surface area contributed by atoms with Gasteiger partial charge in [0.2, 0.25) is 9.84 Å². The molecule has 0 amide bonds. The molecule has 118 valence electrons. The lowest BCUT2D eigenvalue weighted by molar-refractivity contribution is 0.594. The minimum atomic E-state index is -4.05. The van der Waals surface area contributed by atoms with Crippen LogP contribution in [0.5, 0.6) is 0 Å². The summed E-state index contributed by atoms with van der Waals surface area (Å²) in [6.45, 7) is 0. The first kappa shape index (κ1) is 17.2. The summed E-state index contributed by atoms with van der Waals surface area (Å²) in [6, 6.07) is 19.6. The molecule has 2 aromatic carbocycles. The minimum absolute atomic E-state index is 0.00434. The van der Waals surface area contributed by atoms with Crippen LogP contribution >= 0.6 is 0 Å². The quantitative estimate of drug-likeness (QED) is 0.848. The number of nitriles is 2. The summed E-state index contributed by atoms with van der Waals surface area (Å²) < 4.78 is 25.8. The molecule has 0 heterocycles. The van der Waals surface area contributed by atoms with Crippen LogP contribution in [0.25, 0.3) is 0 Å². The largest absolute Gasteiger partial charge is 0.258 e. The standard InChI is InChI=1S/C18H13N3O2S/c19-11-15(12-20)18(14-7-3-1-4-8-14)17(13-21)24(22,23)16-9-5-2-6-10-16/h1-10,15,18,21H. The van der Waals surface area contributed by atoms with Gasteiger partial charge in [0.15, 0.2) is 0 Å². The van der Waals surface area contributed by atoms with Gasteiger partial charge in [-0.15, -0.1) is 0 Å². The summed E-state index contributed by atoms with van der Waals surface area (Å²) in [5.41, 5.74) is 0.472. The zero-order valence-electron chi connectivity index (χ0n) is 12.5. The Labute approximate surface area is 140 Å². The molecule has 0 bridgehead atoms. The summed E-state index contributed by atoms with van der Waals surface area (Å²) in [5, 5.41) is 26.0. The Bertz CT molecular complexity index is 935. The average Bonchev–Trinajstić information content (AvgIpc) is 2.63. The molecule has 0 saturated carbocycles. The molecule has 0 radical (unpaired) electrons. The van der Waals surface area contributed by atoms with Gasteiger partial charge in [-0.3, -0.25) is 5.41 Å². The van der Waals surface area contributed by atoms with Gasteiger partial charge in [-0.05, 0) is 23.6 Å². The highest BCUT2D eigenvalue weighted by molar-refractivity contribution is 7.95. The number of nitrogens with one attached hydrogen (secondary N) is 1. The highest BCUT2D eigenvalue weighted by Gasteiger charge is 2.35. The minimum Gasteiger partial charge on any atom is -0.258 e. The fourth-order valence-electron chi connectivity index (χ4n) is 2.37. The van der Waals surface area contributed by atoms with E-state index in [1.54, 1.807) is 48.5 Å². The maximum absolute atomic E-state index is 12.9. The number of allylic oxidation sites excluding steroid dienone is 1. The molecule has 24 heavy (non-hydrogen) atoms. The third-order valence-corrected chi connectivity index (χ3v) is 5.35. The molecule has 1 atom stereocenters. The fourth-order valence-corrected chi connectivity index (χ4v) is 3.88. The molecule has 1 N–H and O–H groups in total. The Morgan fingerprint density at radius 1 is 0.917 bits per heavy atom. The molecule has 0 spiro atoms. The molecular formula is C18H13N3O2S. The van der Waals surface area contributed by atoms with Crippen molar-refractivity contribution >= 4 is 15.7 Å². The highest BCUT2D eigenvalue weighted by atomic mass is 32.2. The fraction of sp³-hybridized carbons (Fsp3) is 0.111. The normalized spacial score (nSPS) is 11.8. The Hall–Kier alpha value is -3.18. The van der Waals surface area contributed by atoms with Crippen molar-refractivity contribution < 1.29 is 8.42 Å². The predicted molar refractivity (Wildman–Crippen MR) is 88.8 cm³/mol. The summed E-state index contributed by atoms with van der Waals surface area (Å²) in [7, 11) is -4.05. The van der Waals surface area contributed by atoms with Crippen molar-refractivity contribution in [3.8, 4) is 12.1 Å². The topological polar surface area (TPSA) is 106 Å². The summed E-state index contributed by atoms with van der Waals surface area (Å²) in [5.74, 6) is -0.366. The van der Waals surface area contributed by atoms with Gasteiger partial charge >= 0.3 is 0 Å². The second kappa shape index (κ2) is 7.39. The van der Waals surface area contributed by atoms with Gasteiger partial charge in [-0.1, -0.05) is 48.5 Å². The van der Waals surface area contributed by atoms with E-state index in [1.807, 2.05) is 18.0 Å². The summed E-state index contributed by atoms with van der Waals surface area (Å²) in [6.07, 6.45) is 0. The molecule has 5 nitrogen and oxygen atoms in total. The first-order valence-corrected chi connectivity index (χ1v) is 8.48. The van der Waals surface area contributed by atoms with Gasteiger partial charge < -0.3 is 0 Å². The van der Waals surface area contributed by atoms with Crippen molar-refractivity contribution in [1.29, 1.82) is 15.9 Å². The zero-order chi connectivity index (χ0) is 17.6. The van der Waals surface area contributed by atoms with Crippen LogP contribution in [0.4, 0.5) is 0 Å². The Morgan fingerprint density at radius 3 is 1.88 bits per heavy atom. The molecule has 1 unspecified atom stereocenters. The third-order valence-electron chi connectivity index (χ3n) is 3.52. The summed E-state index contributed by atoms with van der Waals surface area (Å²) >= 11 is 0. The van der Waals surface area contributed by atoms with Crippen molar-refractivity contribution in [2.24, 2.45) is 5.92 Å². The van der Waals surface area contributed by atoms with Crippen LogP contribution < -0.4 is 0 Å². The molecule has 2 rings (SSSR count). The Balaban J connectivity index is 2.67. The molecule has 0 aromatic heterocycles. The van der Waals surface area contributed by atoms with E-state index >= 15 is 0 Å². The number of sulfone groups is 1. The van der Waals surface area contributed by atoms with Crippen LogP contribution in [-0.4, -0.2) is 14.3 Å². The van der Waals surface area contributed by atoms with Gasteiger partial charge in [0.1, 0.15) is 10.8 Å². The van der Waals surface area contributed by atoms with Crippen LogP contribution in [0, 0.1) is 34.0 Å². The lowest BCUT2D eigenvalue weighted by Gasteiger charge is -2.19. The molecule has 0 aliphatic carbocycles. The van der Waals surface area contributed by atoms with E-state index in [1.165, 1.54) is 12.1 Å². The first-order chi connectivity index (χ1) is 11.6. The molecule has 2 aromatic rings. The second-order valence-electron chi connectivity index (χ2n) is 4.93. The van der Waals surface area contributed by atoms with E-state index in [4.69, 9.17) is 5.41 Å². The maximum Gasteiger partial charge on any atom is 0.212 e. The number of rotatable bonds is 5. The van der Waals surface area contributed by atoms with E-state index in [-0.39, 0.29) is 4.90 Å². The monoisotopic (exact) mass is 335 g/mol. The number of hydrogen-bond donors (Lipinski definition) is 1. The molecule has 0 fully saturated rings. The van der Waals surface area contributed by atoms with Crippen LogP contribution in [0.2, 0.25) is 0 Å². The van der Waals surface area contributed by atoms with E-state index in [9.17, 15) is 18.9 Å². The van der Waals surface area contributed by atoms with Crippen molar-refractivity contribution in [3.63, 3.8) is 0 Å². The van der Waals surface area contributed by atoms with Gasteiger partial charge in [0.05, 0.1) is 23.0 Å². The number of benzene rings is 2. The van der Waals surface area contributed by atoms with E-state index in [2.05, 4.69) is 0 Å². The van der Waals surface area contributed by atoms with Crippen molar-refractivity contribution in [3.05, 3.63) is 71.1 Å². The average molecular weight is 335 g/mol. The van der Waals surface area contributed by atoms with E-state index < -0.39 is 26.6 Å². The predicted octanol–water partition coefficient (Wildman–Crippen LogP) is 3.04. The Kier molecular flexibility index (Phi) is 5.29. The van der Waals surface area contributed by atoms with E-state index in [0.717, 1.165) is 0 Å². The van der Waals surface area contributed by atoms with Gasteiger partial charge in [0.25, 0.3) is 0 Å². The van der Waals surface area contributed by atoms with Gasteiger partial charge in [-0.25, -0.2) is 8.42 Å². The molecule has 0 aliphatic rings. The number of hydrogen-bond acceptors (Lipinski definition) is 5. The Morgan fingerprint density at radius 2 is 1.42 bits per heavy atom. The maximum atomic E-state index is 12.9. The third kappa shape index (κ3) is 3.26. The SMILES string of the molecule is N#CC(C#N)C(C(=C=N)S(=O)(=O)c1ccccc1)c1ccccc1. The van der Waals surface area contributed by atoms with Crippen LogP contribution in [0.3, 0.4) is 0 Å². The highest BCUT2D eigenvalue weighted by Crippen LogP contribution is 2.36. The van der Waals surface area contributed by atoms with Crippen LogP contribution in [0.15, 0.2) is 70.5 Å². The van der Waals surface area contributed by atoms with Crippen LogP contribution in [-0.2, 0) is 9.84 Å². The first-order valence-electron chi connectivity index (χ1n) is 7.00. The van der Waals surface area contributed by atoms with Crippen molar-refractivity contribution in [2.45, 2.75) is 10.8 Å². The van der Waals surface area contributed by atoms with Crippen molar-refractivity contribution in [2.75, 3.05) is 0 Å².